The second kappa shape index (κ2) is 10.4. The second-order valence-corrected chi connectivity index (χ2v) is 7.85. The molecule has 8 nitrogen and oxygen atoms in total. The molecule has 0 fully saturated rings. The van der Waals surface area contributed by atoms with E-state index in [1.807, 2.05) is 0 Å². The van der Waals surface area contributed by atoms with E-state index in [-0.39, 0.29) is 33.5 Å². The Morgan fingerprint density at radius 2 is 1.97 bits per heavy atom. The Morgan fingerprint density at radius 3 is 2.65 bits per heavy atom. The number of carbonyl (C=O) groups excluding carboxylic acids is 2. The van der Waals surface area contributed by atoms with Gasteiger partial charge in [-0.25, -0.2) is 13.8 Å². The summed E-state index contributed by atoms with van der Waals surface area (Å²) in [5.41, 5.74) is 0.315. The minimum Gasteiger partial charge on any atom is -0.497 e. The van der Waals surface area contributed by atoms with E-state index in [9.17, 15) is 18.4 Å². The van der Waals surface area contributed by atoms with Crippen molar-refractivity contribution in [2.24, 2.45) is 0 Å². The maximum Gasteiger partial charge on any atom is 0.251 e. The molecular formula is C19H16BrF2N5O3S. The van der Waals surface area contributed by atoms with Crippen LogP contribution in [-0.2, 0) is 11.3 Å². The van der Waals surface area contributed by atoms with Crippen LogP contribution in [0.5, 0.6) is 5.75 Å². The van der Waals surface area contributed by atoms with Gasteiger partial charge in [0.25, 0.3) is 5.91 Å². The van der Waals surface area contributed by atoms with Gasteiger partial charge < -0.3 is 15.4 Å². The van der Waals surface area contributed by atoms with Gasteiger partial charge >= 0.3 is 0 Å². The van der Waals surface area contributed by atoms with Crippen molar-refractivity contribution in [3.05, 3.63) is 63.9 Å². The number of hydrogen-bond acceptors (Lipinski definition) is 6. The molecule has 3 N–H and O–H groups in total. The molecule has 1 heterocycles. The number of hydrogen-bond donors (Lipinski definition) is 3. The first-order chi connectivity index (χ1) is 14.9. The van der Waals surface area contributed by atoms with Crippen LogP contribution in [0.3, 0.4) is 0 Å². The monoisotopic (exact) mass is 511 g/mol. The molecule has 3 aromatic rings. The molecule has 0 unspecified atom stereocenters. The van der Waals surface area contributed by atoms with Crippen molar-refractivity contribution in [2.75, 3.05) is 18.2 Å². The fourth-order valence-electron chi connectivity index (χ4n) is 2.40. The quantitative estimate of drug-likeness (QED) is 0.399. The SMILES string of the molecule is COc1ccc(C(=O)NCc2nc(SCC(=O)Nc3c(F)cc(F)cc3Br)n[nH]2)cc1. The molecule has 0 aliphatic rings. The molecule has 31 heavy (non-hydrogen) atoms. The fraction of sp³-hybridized carbons (Fsp3) is 0.158. The second-order valence-electron chi connectivity index (χ2n) is 6.06. The van der Waals surface area contributed by atoms with Crippen LogP contribution in [0.15, 0.2) is 46.0 Å². The molecule has 12 heteroatoms. The number of benzene rings is 2. The predicted octanol–water partition coefficient (Wildman–Crippen LogP) is 3.51. The molecule has 0 radical (unpaired) electrons. The lowest BCUT2D eigenvalue weighted by Crippen LogP contribution is -2.23. The van der Waals surface area contributed by atoms with Crippen LogP contribution in [0.2, 0.25) is 0 Å². The number of ether oxygens (including phenoxy) is 1. The number of thioether (sulfide) groups is 1. The van der Waals surface area contributed by atoms with Crippen molar-refractivity contribution in [3.8, 4) is 5.75 Å². The fourth-order valence-corrected chi connectivity index (χ4v) is 3.52. The molecule has 2 amide bonds. The van der Waals surface area contributed by atoms with Gasteiger partial charge in [0.05, 0.1) is 25.1 Å². The minimum atomic E-state index is -0.891. The Kier molecular flexibility index (Phi) is 7.58. The highest BCUT2D eigenvalue weighted by atomic mass is 79.9. The van der Waals surface area contributed by atoms with E-state index in [0.717, 1.165) is 17.8 Å². The zero-order valence-electron chi connectivity index (χ0n) is 16.0. The van der Waals surface area contributed by atoms with Gasteiger partial charge in [0.15, 0.2) is 5.82 Å². The van der Waals surface area contributed by atoms with Crippen molar-refractivity contribution < 1.29 is 23.1 Å². The van der Waals surface area contributed by atoms with Gasteiger partial charge in [-0.3, -0.25) is 14.7 Å². The van der Waals surface area contributed by atoms with Gasteiger partial charge in [-0.1, -0.05) is 11.8 Å². The van der Waals surface area contributed by atoms with Gasteiger partial charge in [0.1, 0.15) is 17.4 Å². The van der Waals surface area contributed by atoms with Gasteiger partial charge in [-0.15, -0.1) is 5.10 Å². The molecular weight excluding hydrogens is 496 g/mol. The van der Waals surface area contributed by atoms with Crippen molar-refractivity contribution in [2.45, 2.75) is 11.7 Å². The highest BCUT2D eigenvalue weighted by Gasteiger charge is 2.14. The van der Waals surface area contributed by atoms with Gasteiger partial charge in [0, 0.05) is 16.1 Å². The Balaban J connectivity index is 1.48. The summed E-state index contributed by atoms with van der Waals surface area (Å²) in [7, 11) is 1.54. The van der Waals surface area contributed by atoms with E-state index in [1.54, 1.807) is 24.3 Å². The van der Waals surface area contributed by atoms with Crippen LogP contribution in [0.25, 0.3) is 0 Å². The van der Waals surface area contributed by atoms with E-state index in [2.05, 4.69) is 41.7 Å². The summed E-state index contributed by atoms with van der Waals surface area (Å²) in [5, 5.41) is 12.0. The lowest BCUT2D eigenvalue weighted by molar-refractivity contribution is -0.113. The van der Waals surface area contributed by atoms with Gasteiger partial charge in [-0.05, 0) is 46.3 Å². The average molecular weight is 512 g/mol. The molecule has 0 aliphatic carbocycles. The summed E-state index contributed by atoms with van der Waals surface area (Å²) >= 11 is 4.02. The first-order valence-corrected chi connectivity index (χ1v) is 10.5. The van der Waals surface area contributed by atoms with Crippen LogP contribution in [0.1, 0.15) is 16.2 Å². The number of nitrogens with zero attached hydrogens (tertiary/aromatic N) is 2. The lowest BCUT2D eigenvalue weighted by atomic mass is 10.2. The van der Waals surface area contributed by atoms with E-state index in [0.29, 0.717) is 23.2 Å². The third-order valence-corrected chi connectivity index (χ3v) is 5.36. The Hall–Kier alpha value is -2.99. The summed E-state index contributed by atoms with van der Waals surface area (Å²) in [4.78, 5) is 28.4. The number of rotatable bonds is 8. The summed E-state index contributed by atoms with van der Waals surface area (Å²) < 4.78 is 32.0. The van der Waals surface area contributed by atoms with Gasteiger partial charge in [-0.2, -0.15) is 0 Å². The van der Waals surface area contributed by atoms with Crippen LogP contribution >= 0.6 is 27.7 Å². The topological polar surface area (TPSA) is 109 Å². The Labute approximate surface area is 188 Å². The van der Waals surface area contributed by atoms with E-state index in [4.69, 9.17) is 4.74 Å². The molecule has 1 aromatic heterocycles. The summed E-state index contributed by atoms with van der Waals surface area (Å²) in [6, 6.07) is 8.36. The molecule has 2 aromatic carbocycles. The number of nitrogens with one attached hydrogen (secondary N) is 3. The maximum atomic E-state index is 13.8. The third-order valence-electron chi connectivity index (χ3n) is 3.88. The molecule has 0 saturated heterocycles. The molecule has 0 saturated carbocycles. The maximum absolute atomic E-state index is 13.8. The predicted molar refractivity (Wildman–Crippen MR) is 114 cm³/mol. The molecule has 162 valence electrons. The number of aromatic amines is 1. The number of carbonyl (C=O) groups is 2. The van der Waals surface area contributed by atoms with Crippen molar-refractivity contribution in [1.82, 2.24) is 20.5 Å². The van der Waals surface area contributed by atoms with Crippen LogP contribution in [-0.4, -0.2) is 39.9 Å². The number of amides is 2. The molecule has 3 rings (SSSR count). The Morgan fingerprint density at radius 1 is 1.23 bits per heavy atom. The molecule has 0 atom stereocenters. The van der Waals surface area contributed by atoms with Crippen molar-refractivity contribution >= 4 is 45.2 Å². The standard InChI is InChI=1S/C19H16BrF2N5O3S/c1-30-12-4-2-10(3-5-12)18(29)23-8-15-24-19(27-26-15)31-9-16(28)25-17-13(20)6-11(21)7-14(17)22/h2-7H,8-9H2,1H3,(H,23,29)(H,25,28)(H,24,26,27). The Bertz CT molecular complexity index is 1070. The van der Waals surface area contributed by atoms with Crippen molar-refractivity contribution in [1.29, 1.82) is 0 Å². The number of H-pyrrole nitrogens is 1. The zero-order chi connectivity index (χ0) is 22.4. The zero-order valence-corrected chi connectivity index (χ0v) is 18.4. The van der Waals surface area contributed by atoms with Gasteiger partial charge in [0.2, 0.25) is 11.1 Å². The number of halogens is 3. The summed E-state index contributed by atoms with van der Waals surface area (Å²) in [6.45, 7) is 0.109. The largest absolute Gasteiger partial charge is 0.497 e. The number of anilines is 1. The summed E-state index contributed by atoms with van der Waals surface area (Å²) in [6.07, 6.45) is 0. The van der Waals surface area contributed by atoms with Crippen LogP contribution in [0.4, 0.5) is 14.5 Å². The minimum absolute atomic E-state index is 0.0936. The first-order valence-electron chi connectivity index (χ1n) is 8.76. The van der Waals surface area contributed by atoms with E-state index in [1.165, 1.54) is 7.11 Å². The lowest BCUT2D eigenvalue weighted by Gasteiger charge is -2.08. The van der Waals surface area contributed by atoms with Crippen LogP contribution < -0.4 is 15.4 Å². The highest BCUT2D eigenvalue weighted by Crippen LogP contribution is 2.27. The van der Waals surface area contributed by atoms with E-state index < -0.39 is 17.5 Å². The average Bonchev–Trinajstić information content (AvgIpc) is 3.21. The molecule has 0 aliphatic heterocycles. The number of methoxy groups -OCH3 is 1. The van der Waals surface area contributed by atoms with Crippen molar-refractivity contribution in [3.63, 3.8) is 0 Å². The highest BCUT2D eigenvalue weighted by molar-refractivity contribution is 9.10. The number of aromatic nitrogens is 3. The normalized spacial score (nSPS) is 10.6. The third kappa shape index (κ3) is 6.25. The van der Waals surface area contributed by atoms with Crippen LogP contribution in [0, 0.1) is 11.6 Å². The van der Waals surface area contributed by atoms with E-state index >= 15 is 0 Å². The first kappa shape index (κ1) is 22.7. The molecule has 0 bridgehead atoms. The molecule has 0 spiro atoms. The smallest absolute Gasteiger partial charge is 0.251 e. The summed E-state index contributed by atoms with van der Waals surface area (Å²) in [5.74, 6) is -1.51.